The molecule has 0 atom stereocenters. The topological polar surface area (TPSA) is 94.5 Å². The zero-order chi connectivity index (χ0) is 0. The molecule has 5 heavy (non-hydrogen) atoms. The summed E-state index contributed by atoms with van der Waals surface area (Å²) in [6.45, 7) is 0. The zero-order valence-corrected chi connectivity index (χ0v) is 7.50. The Balaban J connectivity index is 0. The van der Waals surface area contributed by atoms with E-state index >= 15 is 0 Å². The van der Waals surface area contributed by atoms with Crippen LogP contribution in [0.4, 0.5) is 0 Å². The predicted octanol–water partition coefficient (Wildman–Crippen LogP) is -3.24. The largest absolute Gasteiger partial charge is 0.412 e. The maximum absolute atomic E-state index is 0. The quantitative estimate of drug-likeness (QED) is 0.286. The molecule has 26 valence electrons. The van der Waals surface area contributed by atoms with Gasteiger partial charge in [0.05, 0.1) is 0 Å². The first-order valence-electron chi connectivity index (χ1n) is 0. The van der Waals surface area contributed by atoms with Crippen molar-refractivity contribution in [3.05, 3.63) is 0 Å². The molecule has 2 radical (unpaired) electrons. The van der Waals surface area contributed by atoms with Crippen molar-refractivity contribution >= 4 is 59.1 Å². The molecular weight excluding hydrogens is 94.0 g/mol. The molecule has 0 bridgehead atoms. The molecule has 0 aromatic rings. The smallest absolute Gasteiger partial charge is 0 e. The van der Waals surface area contributed by atoms with Gasteiger partial charge in [0, 0.05) is 59.1 Å². The van der Waals surface area contributed by atoms with Crippen LogP contribution in [0, 0.1) is 0 Å². The molecule has 0 aromatic heterocycles. The summed E-state index contributed by atoms with van der Waals surface area (Å²) in [5, 5.41) is 0. The van der Waals surface area contributed by atoms with Crippen molar-refractivity contribution in [3.8, 4) is 0 Å². The van der Waals surface area contributed by atoms with Crippen LogP contribution in [0.3, 0.4) is 0 Å². The van der Waals surface area contributed by atoms with Gasteiger partial charge in [-0.3, -0.25) is 0 Å². The van der Waals surface area contributed by atoms with Crippen LogP contribution in [0.1, 0.15) is 0 Å². The molecule has 0 aliphatic carbocycles. The first kappa shape index (κ1) is 67.3. The predicted molar refractivity (Wildman–Crippen MR) is 22.3 cm³/mol. The maximum atomic E-state index is 0. The van der Waals surface area contributed by atoms with E-state index in [0.717, 1.165) is 0 Å². The second-order valence-electron chi connectivity index (χ2n) is 0. The Kier molecular flexibility index (Phi) is 533. The van der Waals surface area contributed by atoms with E-state index in [1.807, 2.05) is 0 Å². The SMILES string of the molecule is O.O.O.[Na].[Na]. The third kappa shape index (κ3) is 25.0. The molecule has 0 heterocycles. The Morgan fingerprint density at radius 3 is 0.400 bits per heavy atom. The van der Waals surface area contributed by atoms with Gasteiger partial charge in [0.1, 0.15) is 0 Å². The van der Waals surface area contributed by atoms with Crippen molar-refractivity contribution in [1.82, 2.24) is 0 Å². The molecule has 0 saturated carbocycles. The Hall–Kier alpha value is 1.88. The summed E-state index contributed by atoms with van der Waals surface area (Å²) in [5.74, 6) is 0. The Labute approximate surface area is 74.6 Å². The normalized spacial score (nSPS) is 0. The first-order chi connectivity index (χ1) is 0. The summed E-state index contributed by atoms with van der Waals surface area (Å²) in [7, 11) is 0. The maximum Gasteiger partial charge on any atom is 0 e. The van der Waals surface area contributed by atoms with Crippen molar-refractivity contribution in [2.75, 3.05) is 0 Å². The van der Waals surface area contributed by atoms with E-state index in [4.69, 9.17) is 0 Å². The van der Waals surface area contributed by atoms with Crippen LogP contribution in [0.2, 0.25) is 0 Å². The van der Waals surface area contributed by atoms with Gasteiger partial charge in [-0.2, -0.15) is 0 Å². The fraction of sp³-hybridized carbons (Fsp3) is 0. The van der Waals surface area contributed by atoms with Crippen LogP contribution in [0.25, 0.3) is 0 Å². The summed E-state index contributed by atoms with van der Waals surface area (Å²) in [6.07, 6.45) is 0. The molecule has 0 unspecified atom stereocenters. The van der Waals surface area contributed by atoms with E-state index in [9.17, 15) is 0 Å². The average molecular weight is 100 g/mol. The number of hydrogen-bond acceptors (Lipinski definition) is 0. The molecule has 0 aliphatic rings. The third-order valence-electron chi connectivity index (χ3n) is 0. The standard InChI is InChI=1S/2Na.3H2O/h;;3*1H2. The number of hydrogen-bond donors (Lipinski definition) is 0. The minimum absolute atomic E-state index is 0. The summed E-state index contributed by atoms with van der Waals surface area (Å²) in [5.41, 5.74) is 0. The summed E-state index contributed by atoms with van der Waals surface area (Å²) in [4.78, 5) is 0. The van der Waals surface area contributed by atoms with Crippen molar-refractivity contribution < 1.29 is 16.4 Å². The van der Waals surface area contributed by atoms with Crippen LogP contribution < -0.4 is 0 Å². The van der Waals surface area contributed by atoms with Crippen molar-refractivity contribution in [3.63, 3.8) is 0 Å². The zero-order valence-electron chi connectivity index (χ0n) is 3.50. The van der Waals surface area contributed by atoms with Gasteiger partial charge in [0.25, 0.3) is 0 Å². The minimum atomic E-state index is 0. The van der Waals surface area contributed by atoms with E-state index < -0.39 is 0 Å². The molecule has 3 nitrogen and oxygen atoms in total. The Morgan fingerprint density at radius 1 is 0.400 bits per heavy atom. The average Bonchev–Trinajstić information content (AvgIpc) is 0. The Bertz CT molecular complexity index is 4.85. The van der Waals surface area contributed by atoms with Crippen LogP contribution in [-0.2, 0) is 0 Å². The molecule has 0 amide bonds. The summed E-state index contributed by atoms with van der Waals surface area (Å²) in [6, 6.07) is 0. The van der Waals surface area contributed by atoms with Gasteiger partial charge in [-0.25, -0.2) is 0 Å². The fourth-order valence-corrected chi connectivity index (χ4v) is 0. The minimum Gasteiger partial charge on any atom is -0.412 e. The van der Waals surface area contributed by atoms with Crippen molar-refractivity contribution in [1.29, 1.82) is 0 Å². The second kappa shape index (κ2) is 39.6. The number of rotatable bonds is 0. The van der Waals surface area contributed by atoms with Gasteiger partial charge < -0.3 is 16.4 Å². The van der Waals surface area contributed by atoms with E-state index in [-0.39, 0.29) is 75.5 Å². The van der Waals surface area contributed by atoms with Gasteiger partial charge in [-0.15, -0.1) is 0 Å². The third-order valence-corrected chi connectivity index (χ3v) is 0. The molecule has 0 rings (SSSR count). The molecule has 0 fully saturated rings. The molecule has 0 aromatic carbocycles. The molecule has 6 N–H and O–H groups in total. The van der Waals surface area contributed by atoms with E-state index in [1.165, 1.54) is 0 Å². The fourth-order valence-electron chi connectivity index (χ4n) is 0. The van der Waals surface area contributed by atoms with Crippen LogP contribution >= 0.6 is 0 Å². The van der Waals surface area contributed by atoms with Gasteiger partial charge in [0.15, 0.2) is 0 Å². The van der Waals surface area contributed by atoms with Crippen molar-refractivity contribution in [2.24, 2.45) is 0 Å². The van der Waals surface area contributed by atoms with E-state index in [1.54, 1.807) is 0 Å². The first-order valence-corrected chi connectivity index (χ1v) is 0. The summed E-state index contributed by atoms with van der Waals surface area (Å²) >= 11 is 0. The summed E-state index contributed by atoms with van der Waals surface area (Å²) < 4.78 is 0. The van der Waals surface area contributed by atoms with Gasteiger partial charge in [-0.05, 0) is 0 Å². The van der Waals surface area contributed by atoms with Crippen LogP contribution in [-0.4, -0.2) is 75.5 Å². The van der Waals surface area contributed by atoms with Crippen LogP contribution in [0.15, 0.2) is 0 Å². The van der Waals surface area contributed by atoms with E-state index in [0.29, 0.717) is 0 Å². The molecule has 5 heteroatoms. The molecule has 0 spiro atoms. The van der Waals surface area contributed by atoms with Crippen LogP contribution in [0.5, 0.6) is 0 Å². The van der Waals surface area contributed by atoms with Crippen molar-refractivity contribution in [2.45, 2.75) is 0 Å². The van der Waals surface area contributed by atoms with Gasteiger partial charge in [-0.1, -0.05) is 0 Å². The molecule has 0 aliphatic heterocycles. The molecular formula is H6Na2O3. The second-order valence-corrected chi connectivity index (χ2v) is 0. The Morgan fingerprint density at radius 2 is 0.400 bits per heavy atom. The van der Waals surface area contributed by atoms with E-state index in [2.05, 4.69) is 0 Å². The molecule has 0 saturated heterocycles. The van der Waals surface area contributed by atoms with Gasteiger partial charge >= 0.3 is 0 Å². The monoisotopic (exact) mass is 100 g/mol. The van der Waals surface area contributed by atoms with Gasteiger partial charge in [0.2, 0.25) is 0 Å².